The van der Waals surface area contributed by atoms with E-state index in [2.05, 4.69) is 52.1 Å². The molecule has 0 atom stereocenters. The van der Waals surface area contributed by atoms with Crippen LogP contribution in [-0.4, -0.2) is 153 Å². The molecular weight excluding hydrogens is 817 g/mol. The van der Waals surface area contributed by atoms with Gasteiger partial charge in [-0.25, -0.2) is 0 Å². The average molecular weight is 891 g/mol. The zero-order chi connectivity index (χ0) is 40.8. The molecule has 1 aromatic rings. The maximum atomic E-state index is 4.94. The number of fused-ring (bicyclic) bond motifs is 1. The summed E-state index contributed by atoms with van der Waals surface area (Å²) in [5, 5.41) is 14.1. The Kier molecular flexibility index (Phi) is 41.6. The number of benzene rings is 1. The van der Waals surface area contributed by atoms with Crippen LogP contribution in [0.15, 0.2) is 46.8 Å². The fourth-order valence-corrected chi connectivity index (χ4v) is 8.61. The van der Waals surface area contributed by atoms with E-state index >= 15 is 0 Å². The van der Waals surface area contributed by atoms with Crippen molar-refractivity contribution < 1.29 is 33.4 Å². The SMILES string of the molecule is C1=CONC1.C1=NOCC1.C1=Nc2ccccc2C1.C1CCNC1.C1CCOC1.C1CN1.C1CNC1.C1CO1.C1COC1.C1COCO1.C1CSCS1.C1CSSC1. The molecule has 12 aliphatic rings. The van der Waals surface area contributed by atoms with Gasteiger partial charge in [0.05, 0.1) is 38.7 Å². The Morgan fingerprint density at radius 1 is 0.552 bits per heavy atom. The summed E-state index contributed by atoms with van der Waals surface area (Å²) < 4.78 is 23.6. The number of thioether (sulfide) groups is 2. The van der Waals surface area contributed by atoms with E-state index in [9.17, 15) is 0 Å². The second-order valence-corrected chi connectivity index (χ2v) is 18.2. The van der Waals surface area contributed by atoms with Crippen molar-refractivity contribution in [1.29, 1.82) is 0 Å². The number of nitrogens with one attached hydrogen (secondary N) is 4. The first-order valence-electron chi connectivity index (χ1n) is 21.2. The minimum Gasteiger partial charge on any atom is -0.417 e. The molecule has 17 heteroatoms. The Morgan fingerprint density at radius 2 is 1.14 bits per heavy atom. The zero-order valence-electron chi connectivity index (χ0n) is 34.9. The highest BCUT2D eigenvalue weighted by Gasteiger charge is 2.02. The van der Waals surface area contributed by atoms with Gasteiger partial charge < -0.3 is 49.3 Å². The first kappa shape index (κ1) is 53.1. The van der Waals surface area contributed by atoms with Crippen molar-refractivity contribution in [2.45, 2.75) is 57.8 Å². The monoisotopic (exact) mass is 890 g/mol. The van der Waals surface area contributed by atoms with Crippen LogP contribution in [0.4, 0.5) is 5.69 Å². The van der Waals surface area contributed by atoms with Gasteiger partial charge in [0.15, 0.2) is 0 Å². The summed E-state index contributed by atoms with van der Waals surface area (Å²) in [5.74, 6) is 5.52. The molecule has 9 fully saturated rings. The van der Waals surface area contributed by atoms with Gasteiger partial charge in [-0.15, -0.1) is 0 Å². The summed E-state index contributed by atoms with van der Waals surface area (Å²) in [4.78, 5) is 13.2. The highest BCUT2D eigenvalue weighted by Crippen LogP contribution is 2.29. The van der Waals surface area contributed by atoms with Crippen LogP contribution in [0.25, 0.3) is 0 Å². The van der Waals surface area contributed by atoms with Crippen LogP contribution >= 0.6 is 45.1 Å². The number of ether oxygens (including phenoxy) is 5. The first-order chi connectivity index (χ1) is 29.0. The van der Waals surface area contributed by atoms with Crippen molar-refractivity contribution in [3.8, 4) is 0 Å². The van der Waals surface area contributed by atoms with E-state index in [1.807, 2.05) is 75.6 Å². The lowest BCUT2D eigenvalue weighted by Crippen LogP contribution is -2.29. The molecule has 0 spiro atoms. The highest BCUT2D eigenvalue weighted by molar-refractivity contribution is 8.77. The van der Waals surface area contributed by atoms with Crippen LogP contribution in [0.2, 0.25) is 0 Å². The molecule has 0 aliphatic carbocycles. The third-order valence-electron chi connectivity index (χ3n) is 7.61. The van der Waals surface area contributed by atoms with Gasteiger partial charge >= 0.3 is 0 Å². The van der Waals surface area contributed by atoms with Crippen molar-refractivity contribution in [3.05, 3.63) is 42.2 Å². The number of hydroxylamine groups is 1. The van der Waals surface area contributed by atoms with Gasteiger partial charge in [-0.1, -0.05) is 44.9 Å². The number of hydrogen-bond donors (Lipinski definition) is 4. The lowest BCUT2D eigenvalue weighted by Gasteiger charge is -2.09. The fraction of sp³-hybridized carbons (Fsp3) is 0.756. The Labute approximate surface area is 366 Å². The van der Waals surface area contributed by atoms with Crippen LogP contribution in [-0.2, 0) is 39.8 Å². The van der Waals surface area contributed by atoms with E-state index in [1.165, 1.54) is 118 Å². The summed E-state index contributed by atoms with van der Waals surface area (Å²) in [7, 11) is 3.98. The van der Waals surface area contributed by atoms with Crippen molar-refractivity contribution >= 4 is 63.2 Å². The molecule has 0 bridgehead atoms. The largest absolute Gasteiger partial charge is 0.417 e. The molecule has 334 valence electrons. The normalized spacial score (nSPS) is 21.6. The lowest BCUT2D eigenvalue weighted by atomic mass is 10.2. The van der Waals surface area contributed by atoms with E-state index in [4.69, 9.17) is 18.9 Å². The summed E-state index contributed by atoms with van der Waals surface area (Å²) >= 11 is 4.07. The maximum Gasteiger partial charge on any atom is 0.146 e. The zero-order valence-corrected chi connectivity index (χ0v) is 38.2. The van der Waals surface area contributed by atoms with Crippen molar-refractivity contribution in [2.75, 3.05) is 140 Å². The van der Waals surface area contributed by atoms with Gasteiger partial charge in [0.1, 0.15) is 19.7 Å². The molecule has 0 radical (unpaired) electrons. The lowest BCUT2D eigenvalue weighted by molar-refractivity contribution is 0.0367. The Hall–Kier alpha value is -1.06. The number of rotatable bonds is 0. The molecule has 12 aliphatic heterocycles. The standard InChI is InChI=1S/C8H7N.C4H9N.C4H8O.2C3H5NO.C3H7N.C3H6O2.C3H6O.2C3H6S2.C2H5N.C2H4O/c1-2-4-8-7(3-1)5-6-9-8;4*1-2-4-5-3-1;1-2-4-3-1;1-2-5-3-4-1;1-2-4-3-1;1-2-5-3-4-1;1-2-4-5-3-1;2*1-2-3-1/h1-4,6H,5H2;5H,1-4H2;1-4H2;2H,1,3H2;1,3-4H,2H2;4H,1-3H2;1-3H2;1-3H2;2*1-3H2;3H,1-2H2;1-2H2. The van der Waals surface area contributed by atoms with E-state index in [0.29, 0.717) is 6.79 Å². The second kappa shape index (κ2) is 45.5. The molecule has 0 aromatic heterocycles. The predicted octanol–water partition coefficient (Wildman–Crippen LogP) is 6.72. The molecule has 9 saturated heterocycles. The third kappa shape index (κ3) is 43.0. The van der Waals surface area contributed by atoms with Crippen molar-refractivity contribution in [2.24, 2.45) is 10.1 Å². The molecular formula is C41H74N6O7S4. The smallest absolute Gasteiger partial charge is 0.146 e. The number of hydrogen-bond acceptors (Lipinski definition) is 17. The van der Waals surface area contributed by atoms with Crippen LogP contribution < -0.4 is 21.4 Å². The van der Waals surface area contributed by atoms with Gasteiger partial charge in [0.25, 0.3) is 0 Å². The van der Waals surface area contributed by atoms with Crippen LogP contribution in [0.1, 0.15) is 56.9 Å². The molecule has 0 amide bonds. The van der Waals surface area contributed by atoms with Gasteiger partial charge in [-0.2, -0.15) is 29.0 Å². The quantitative estimate of drug-likeness (QED) is 0.161. The Morgan fingerprint density at radius 3 is 1.40 bits per heavy atom. The molecule has 12 heterocycles. The van der Waals surface area contributed by atoms with Crippen LogP contribution in [0, 0.1) is 0 Å². The molecule has 13 nitrogen and oxygen atoms in total. The molecule has 0 saturated carbocycles. The van der Waals surface area contributed by atoms with Gasteiger partial charge in [0, 0.05) is 92.9 Å². The molecule has 58 heavy (non-hydrogen) atoms. The van der Waals surface area contributed by atoms with Crippen molar-refractivity contribution in [3.63, 3.8) is 0 Å². The van der Waals surface area contributed by atoms with E-state index < -0.39 is 0 Å². The Balaban J connectivity index is 0.000000221. The highest BCUT2D eigenvalue weighted by atomic mass is 33.1. The molecule has 1 aromatic carbocycles. The second-order valence-electron chi connectivity index (χ2n) is 13.0. The van der Waals surface area contributed by atoms with Gasteiger partial charge in [0.2, 0.25) is 0 Å². The first-order valence-corrected chi connectivity index (χ1v) is 25.9. The van der Waals surface area contributed by atoms with E-state index in [0.717, 1.165) is 84.5 Å². The minimum atomic E-state index is 0.500. The predicted molar refractivity (Wildman–Crippen MR) is 250 cm³/mol. The molecule has 4 N–H and O–H groups in total. The summed E-state index contributed by atoms with van der Waals surface area (Å²) in [6, 6.07) is 8.22. The van der Waals surface area contributed by atoms with Crippen LogP contribution in [0.3, 0.4) is 0 Å². The molecule has 13 rings (SSSR count). The molecule has 0 unspecified atom stereocenters. The summed E-state index contributed by atoms with van der Waals surface area (Å²) in [6.45, 7) is 17.2. The fourth-order valence-electron chi connectivity index (χ4n) is 3.90. The maximum absolute atomic E-state index is 4.94. The Bertz CT molecular complexity index is 920. The number of aliphatic imine (C=N–C) groups is 1. The average Bonchev–Trinajstić information content (AvgIpc) is 3.97. The van der Waals surface area contributed by atoms with Gasteiger partial charge in [-0.05, 0) is 88.8 Å². The van der Waals surface area contributed by atoms with Crippen molar-refractivity contribution in [1.82, 2.24) is 21.4 Å². The topological polar surface area (TPSA) is 151 Å². The van der Waals surface area contributed by atoms with Crippen LogP contribution in [0.5, 0.6) is 0 Å². The third-order valence-corrected chi connectivity index (χ3v) is 12.8. The number of nitrogens with zero attached hydrogens (tertiary/aromatic N) is 2. The van der Waals surface area contributed by atoms with E-state index in [1.54, 1.807) is 12.5 Å². The summed E-state index contributed by atoms with van der Waals surface area (Å²) in [6.07, 6.45) is 18.7. The number of oxime groups is 1. The minimum absolute atomic E-state index is 0.500. The number of epoxide rings is 1. The summed E-state index contributed by atoms with van der Waals surface area (Å²) in [5.41, 5.74) is 5.09. The van der Waals surface area contributed by atoms with E-state index in [-0.39, 0.29) is 0 Å². The van der Waals surface area contributed by atoms with Gasteiger partial charge in [-0.3, -0.25) is 4.99 Å². The number of para-hydroxylation sites is 1.